The zero-order valence-electron chi connectivity index (χ0n) is 15.7. The fourth-order valence-corrected chi connectivity index (χ4v) is 3.10. The van der Waals surface area contributed by atoms with E-state index in [1.54, 1.807) is 0 Å². The van der Waals surface area contributed by atoms with E-state index in [0.29, 0.717) is 19.6 Å². The van der Waals surface area contributed by atoms with Gasteiger partial charge in [0.2, 0.25) is 12.3 Å². The number of hydroxylamine groups is 2. The molecule has 0 N–H and O–H groups in total. The minimum atomic E-state index is 0.262. The van der Waals surface area contributed by atoms with Crippen LogP contribution < -0.4 is 0 Å². The van der Waals surface area contributed by atoms with Crippen LogP contribution in [-0.4, -0.2) is 73.6 Å². The Hall–Kier alpha value is -1.14. The van der Waals surface area contributed by atoms with Crippen molar-refractivity contribution in [1.82, 2.24) is 14.9 Å². The third-order valence-electron chi connectivity index (χ3n) is 4.50. The minimum Gasteiger partial charge on any atom is -0.340 e. The van der Waals surface area contributed by atoms with E-state index in [0.717, 1.165) is 58.0 Å². The molecule has 0 aromatic carbocycles. The zero-order chi connectivity index (χ0) is 17.8. The van der Waals surface area contributed by atoms with E-state index >= 15 is 0 Å². The summed E-state index contributed by atoms with van der Waals surface area (Å²) in [6, 6.07) is 0.262. The largest absolute Gasteiger partial charge is 0.340 e. The van der Waals surface area contributed by atoms with Gasteiger partial charge in [-0.3, -0.25) is 14.4 Å². The van der Waals surface area contributed by atoms with Crippen LogP contribution in [0.1, 0.15) is 58.3 Å². The molecule has 0 aromatic heterocycles. The van der Waals surface area contributed by atoms with E-state index < -0.39 is 0 Å². The summed E-state index contributed by atoms with van der Waals surface area (Å²) in [6.07, 6.45) is 8.41. The van der Waals surface area contributed by atoms with Gasteiger partial charge in [-0.05, 0) is 59.2 Å². The van der Waals surface area contributed by atoms with Crippen LogP contribution in [-0.2, 0) is 14.4 Å². The van der Waals surface area contributed by atoms with Crippen LogP contribution in [0.2, 0.25) is 0 Å². The molecular formula is C18H35N3O3. The fourth-order valence-electron chi connectivity index (χ4n) is 3.10. The van der Waals surface area contributed by atoms with Gasteiger partial charge in [0.25, 0.3) is 0 Å². The Morgan fingerprint density at radius 3 is 2.71 bits per heavy atom. The summed E-state index contributed by atoms with van der Waals surface area (Å²) in [6.45, 7) is 5.00. The number of carbonyl (C=O) groups is 2. The highest BCUT2D eigenvalue weighted by Gasteiger charge is 2.26. The van der Waals surface area contributed by atoms with E-state index in [4.69, 9.17) is 4.84 Å². The van der Waals surface area contributed by atoms with Crippen LogP contribution in [0.25, 0.3) is 0 Å². The lowest BCUT2D eigenvalue weighted by Gasteiger charge is -2.36. The monoisotopic (exact) mass is 341 g/mol. The summed E-state index contributed by atoms with van der Waals surface area (Å²) in [7, 11) is 4.03. The van der Waals surface area contributed by atoms with Crippen molar-refractivity contribution in [3.63, 3.8) is 0 Å². The average Bonchev–Trinajstić information content (AvgIpc) is 2.58. The van der Waals surface area contributed by atoms with Gasteiger partial charge < -0.3 is 9.80 Å². The first-order chi connectivity index (χ1) is 11.6. The fraction of sp³-hybridized carbons (Fsp3) is 0.889. The molecule has 6 nitrogen and oxygen atoms in total. The number of likely N-dealkylation sites (tertiary alicyclic amines) is 1. The molecule has 1 aliphatic rings. The molecule has 1 fully saturated rings. The highest BCUT2D eigenvalue weighted by atomic mass is 16.7. The standard InChI is InChI=1S/C18H35N3O3/c1-4-5-10-18(23)21-14-7-6-9-17(21)11-15-24-20(16-22)13-8-12-19(2)3/h16-17H,4-15H2,1-3H3. The number of carbonyl (C=O) groups excluding carboxylic acids is 2. The summed E-state index contributed by atoms with van der Waals surface area (Å²) in [5.41, 5.74) is 0. The molecule has 0 spiro atoms. The van der Waals surface area contributed by atoms with Gasteiger partial charge in [-0.15, -0.1) is 0 Å². The van der Waals surface area contributed by atoms with E-state index in [-0.39, 0.29) is 11.9 Å². The second kappa shape index (κ2) is 12.3. The third kappa shape index (κ3) is 8.11. The molecule has 0 aromatic rings. The smallest absolute Gasteiger partial charge is 0.233 e. The number of amides is 2. The predicted molar refractivity (Wildman–Crippen MR) is 95.4 cm³/mol. The molecule has 24 heavy (non-hydrogen) atoms. The molecule has 1 rings (SSSR count). The average molecular weight is 341 g/mol. The molecule has 6 heteroatoms. The first kappa shape index (κ1) is 20.9. The number of hydrogen-bond acceptors (Lipinski definition) is 4. The van der Waals surface area contributed by atoms with Gasteiger partial charge in [0.05, 0.1) is 6.61 Å². The summed E-state index contributed by atoms with van der Waals surface area (Å²) in [5, 5.41) is 1.38. The van der Waals surface area contributed by atoms with Gasteiger partial charge in [0.1, 0.15) is 0 Å². The summed E-state index contributed by atoms with van der Waals surface area (Å²) < 4.78 is 0. The topological polar surface area (TPSA) is 53.1 Å². The predicted octanol–water partition coefficient (Wildman–Crippen LogP) is 2.29. The lowest BCUT2D eigenvalue weighted by atomic mass is 9.99. The molecule has 1 atom stereocenters. The van der Waals surface area contributed by atoms with E-state index in [1.165, 1.54) is 11.5 Å². The maximum atomic E-state index is 12.3. The molecule has 1 unspecified atom stereocenters. The van der Waals surface area contributed by atoms with Crippen LogP contribution in [0.4, 0.5) is 0 Å². The highest BCUT2D eigenvalue weighted by molar-refractivity contribution is 5.76. The SMILES string of the molecule is CCCCC(=O)N1CCCCC1CCON(C=O)CCCN(C)C. The van der Waals surface area contributed by atoms with Crippen molar-refractivity contribution in [3.05, 3.63) is 0 Å². The van der Waals surface area contributed by atoms with Gasteiger partial charge in [0, 0.05) is 25.6 Å². The Balaban J connectivity index is 2.33. The second-order valence-corrected chi connectivity index (χ2v) is 6.87. The van der Waals surface area contributed by atoms with Crippen molar-refractivity contribution in [2.45, 2.75) is 64.3 Å². The number of rotatable bonds is 12. The van der Waals surface area contributed by atoms with E-state index in [9.17, 15) is 9.59 Å². The maximum absolute atomic E-state index is 12.3. The summed E-state index contributed by atoms with van der Waals surface area (Å²) in [5.74, 6) is 0.278. The highest BCUT2D eigenvalue weighted by Crippen LogP contribution is 2.21. The van der Waals surface area contributed by atoms with Crippen molar-refractivity contribution < 1.29 is 14.4 Å². The Morgan fingerprint density at radius 2 is 2.04 bits per heavy atom. The van der Waals surface area contributed by atoms with Gasteiger partial charge in [0.15, 0.2) is 0 Å². The van der Waals surface area contributed by atoms with Crippen LogP contribution in [0.5, 0.6) is 0 Å². The Kier molecular flexibility index (Phi) is 10.7. The molecule has 2 amide bonds. The molecule has 0 bridgehead atoms. The summed E-state index contributed by atoms with van der Waals surface area (Å²) >= 11 is 0. The normalized spacial score (nSPS) is 18.0. The lowest BCUT2D eigenvalue weighted by Crippen LogP contribution is -2.44. The van der Waals surface area contributed by atoms with Crippen molar-refractivity contribution >= 4 is 12.3 Å². The van der Waals surface area contributed by atoms with Crippen molar-refractivity contribution in [1.29, 1.82) is 0 Å². The third-order valence-corrected chi connectivity index (χ3v) is 4.50. The molecule has 1 heterocycles. The summed E-state index contributed by atoms with van der Waals surface area (Å²) in [4.78, 5) is 33.1. The number of hydrogen-bond donors (Lipinski definition) is 0. The first-order valence-corrected chi connectivity index (χ1v) is 9.37. The van der Waals surface area contributed by atoms with Crippen molar-refractivity contribution in [2.24, 2.45) is 0 Å². The number of nitrogens with zero attached hydrogens (tertiary/aromatic N) is 3. The van der Waals surface area contributed by atoms with Crippen molar-refractivity contribution in [2.75, 3.05) is 40.3 Å². The van der Waals surface area contributed by atoms with Crippen LogP contribution in [0.15, 0.2) is 0 Å². The number of piperidine rings is 1. The number of unbranched alkanes of at least 4 members (excludes halogenated alkanes) is 1. The van der Waals surface area contributed by atoms with E-state index in [1.807, 2.05) is 19.0 Å². The van der Waals surface area contributed by atoms with Gasteiger partial charge in [-0.2, -0.15) is 0 Å². The molecule has 1 aliphatic heterocycles. The quantitative estimate of drug-likeness (QED) is 0.404. The molecule has 140 valence electrons. The lowest BCUT2D eigenvalue weighted by molar-refractivity contribution is -0.175. The molecule has 0 aliphatic carbocycles. The van der Waals surface area contributed by atoms with Crippen molar-refractivity contribution in [3.8, 4) is 0 Å². The first-order valence-electron chi connectivity index (χ1n) is 9.37. The Bertz CT molecular complexity index is 363. The Morgan fingerprint density at radius 1 is 1.25 bits per heavy atom. The van der Waals surface area contributed by atoms with Crippen LogP contribution in [0, 0.1) is 0 Å². The maximum Gasteiger partial charge on any atom is 0.233 e. The molecule has 1 saturated heterocycles. The minimum absolute atomic E-state index is 0.262. The van der Waals surface area contributed by atoms with Gasteiger partial charge >= 0.3 is 0 Å². The van der Waals surface area contributed by atoms with Crippen LogP contribution in [0.3, 0.4) is 0 Å². The second-order valence-electron chi connectivity index (χ2n) is 6.87. The zero-order valence-corrected chi connectivity index (χ0v) is 15.7. The van der Waals surface area contributed by atoms with Gasteiger partial charge in [-0.25, -0.2) is 5.06 Å². The Labute approximate surface area is 147 Å². The molecular weight excluding hydrogens is 306 g/mol. The van der Waals surface area contributed by atoms with E-state index in [2.05, 4.69) is 11.8 Å². The van der Waals surface area contributed by atoms with Crippen LogP contribution >= 0.6 is 0 Å². The molecule has 0 saturated carbocycles. The molecule has 0 radical (unpaired) electrons. The van der Waals surface area contributed by atoms with Gasteiger partial charge in [-0.1, -0.05) is 13.3 Å².